The van der Waals surface area contributed by atoms with Gasteiger partial charge in [-0.1, -0.05) is 30.3 Å². The Morgan fingerprint density at radius 3 is 2.55 bits per heavy atom. The van der Waals surface area contributed by atoms with E-state index in [2.05, 4.69) is 10.1 Å². The number of alkyl carbamates (subject to hydrolysis) is 1. The topological polar surface area (TPSA) is 175 Å². The van der Waals surface area contributed by atoms with E-state index < -0.39 is 48.3 Å². The maximum absolute atomic E-state index is 12.3. The minimum Gasteiger partial charge on any atom is -0.508 e. The zero-order valence-electron chi connectivity index (χ0n) is 17.5. The molecule has 2 unspecified atom stereocenters. The Labute approximate surface area is 189 Å². The number of nitro benzene ring substituents is 1. The number of methoxy groups -OCH3 is 1. The van der Waals surface area contributed by atoms with Crippen molar-refractivity contribution < 1.29 is 43.3 Å². The SMILES string of the molecule is COC(=O)[C@H](CCO[PH](=O)C(O)c1cc([N+](=O)[O-])ccc1O)NC(=O)OCc1ccccc1. The second-order valence-corrected chi connectivity index (χ2v) is 8.11. The minimum absolute atomic E-state index is 0.0241. The standard InChI is InChI=1S/C20H23N2O10P/c1-30-18(24)16(21-20(26)31-12-13-5-3-2-4-6-13)9-10-32-33(29)19(25)15-11-14(22(27)28)7-8-17(15)23/h2-8,11,16,19,23,25,33H,9-10,12H2,1H3,(H,21,26)/t16-,19?/m0/s1. The van der Waals surface area contributed by atoms with E-state index in [0.717, 1.165) is 30.9 Å². The quantitative estimate of drug-likeness (QED) is 0.187. The average Bonchev–Trinajstić information content (AvgIpc) is 2.81. The number of carbonyl (C=O) groups is 2. The minimum atomic E-state index is -3.26. The number of phenols is 1. The predicted molar refractivity (Wildman–Crippen MR) is 115 cm³/mol. The van der Waals surface area contributed by atoms with Crippen LogP contribution in [0, 0.1) is 10.1 Å². The molecule has 3 atom stereocenters. The van der Waals surface area contributed by atoms with Crippen molar-refractivity contribution >= 4 is 25.8 Å². The van der Waals surface area contributed by atoms with Crippen LogP contribution in [-0.2, 0) is 30.0 Å². The molecular formula is C20H23N2O10P. The summed E-state index contributed by atoms with van der Waals surface area (Å²) in [5.74, 6) is -3.12. The van der Waals surface area contributed by atoms with Crippen LogP contribution in [0.15, 0.2) is 48.5 Å². The first-order chi connectivity index (χ1) is 15.7. The molecule has 13 heteroatoms. The van der Waals surface area contributed by atoms with Gasteiger partial charge in [-0.25, -0.2) is 9.59 Å². The van der Waals surface area contributed by atoms with Crippen molar-refractivity contribution in [1.82, 2.24) is 5.32 Å². The molecule has 0 bridgehead atoms. The number of nitrogens with zero attached hydrogens (tertiary/aromatic N) is 1. The van der Waals surface area contributed by atoms with E-state index in [0.29, 0.717) is 0 Å². The lowest BCUT2D eigenvalue weighted by Crippen LogP contribution is -2.42. The highest BCUT2D eigenvalue weighted by Gasteiger charge is 2.25. The highest BCUT2D eigenvalue weighted by molar-refractivity contribution is 7.39. The number of hydrogen-bond donors (Lipinski definition) is 3. The molecule has 2 rings (SSSR count). The molecule has 0 saturated heterocycles. The van der Waals surface area contributed by atoms with E-state index in [1.807, 2.05) is 0 Å². The molecule has 0 spiro atoms. The fourth-order valence-corrected chi connectivity index (χ4v) is 3.62. The number of carbonyl (C=O) groups excluding carboxylic acids is 2. The first-order valence-electron chi connectivity index (χ1n) is 9.60. The van der Waals surface area contributed by atoms with Crippen molar-refractivity contribution in [3.05, 3.63) is 69.8 Å². The molecule has 2 aromatic carbocycles. The van der Waals surface area contributed by atoms with Crippen LogP contribution in [0.4, 0.5) is 10.5 Å². The Bertz CT molecular complexity index is 1000. The number of rotatable bonds is 11. The van der Waals surface area contributed by atoms with Gasteiger partial charge < -0.3 is 29.5 Å². The van der Waals surface area contributed by atoms with Gasteiger partial charge in [-0.15, -0.1) is 0 Å². The van der Waals surface area contributed by atoms with Gasteiger partial charge in [0.05, 0.1) is 18.6 Å². The zero-order chi connectivity index (χ0) is 24.4. The molecule has 33 heavy (non-hydrogen) atoms. The molecule has 0 heterocycles. The van der Waals surface area contributed by atoms with E-state index in [4.69, 9.17) is 9.26 Å². The molecule has 1 amide bonds. The van der Waals surface area contributed by atoms with Gasteiger partial charge in [0, 0.05) is 24.1 Å². The fourth-order valence-electron chi connectivity index (χ4n) is 2.66. The molecule has 178 valence electrons. The molecule has 3 N–H and O–H groups in total. The Balaban J connectivity index is 1.90. The van der Waals surface area contributed by atoms with Crippen LogP contribution in [0.25, 0.3) is 0 Å². The maximum Gasteiger partial charge on any atom is 0.408 e. The number of esters is 1. The molecule has 0 saturated carbocycles. The lowest BCUT2D eigenvalue weighted by molar-refractivity contribution is -0.385. The molecular weight excluding hydrogens is 459 g/mol. The Morgan fingerprint density at radius 2 is 1.91 bits per heavy atom. The van der Waals surface area contributed by atoms with Gasteiger partial charge in [-0.3, -0.25) is 14.7 Å². The van der Waals surface area contributed by atoms with Gasteiger partial charge in [0.25, 0.3) is 5.69 Å². The highest BCUT2D eigenvalue weighted by Crippen LogP contribution is 2.44. The molecule has 0 aliphatic rings. The van der Waals surface area contributed by atoms with Gasteiger partial charge in [-0.05, 0) is 11.6 Å². The number of aliphatic hydroxyl groups is 1. The van der Waals surface area contributed by atoms with Gasteiger partial charge in [0.15, 0.2) is 5.85 Å². The summed E-state index contributed by atoms with van der Waals surface area (Å²) in [6.07, 6.45) is -1.06. The number of hydrogen-bond acceptors (Lipinski definition) is 10. The van der Waals surface area contributed by atoms with Crippen LogP contribution in [0.5, 0.6) is 5.75 Å². The van der Waals surface area contributed by atoms with Crippen molar-refractivity contribution in [2.24, 2.45) is 0 Å². The Morgan fingerprint density at radius 1 is 1.21 bits per heavy atom. The first kappa shape index (κ1) is 25.8. The monoisotopic (exact) mass is 482 g/mol. The third-order valence-corrected chi connectivity index (χ3v) is 5.63. The van der Waals surface area contributed by atoms with E-state index in [9.17, 15) is 34.5 Å². The lowest BCUT2D eigenvalue weighted by atomic mass is 10.2. The van der Waals surface area contributed by atoms with Crippen LogP contribution < -0.4 is 5.32 Å². The molecule has 0 aliphatic heterocycles. The van der Waals surface area contributed by atoms with E-state index in [-0.39, 0.29) is 25.2 Å². The van der Waals surface area contributed by atoms with Crippen LogP contribution in [0.1, 0.15) is 23.4 Å². The van der Waals surface area contributed by atoms with E-state index >= 15 is 0 Å². The summed E-state index contributed by atoms with van der Waals surface area (Å²) >= 11 is 0. The normalized spacial score (nSPS) is 13.4. The number of aliphatic hydroxyl groups excluding tert-OH is 1. The van der Waals surface area contributed by atoms with Gasteiger partial charge in [-0.2, -0.15) is 0 Å². The van der Waals surface area contributed by atoms with Crippen molar-refractivity contribution in [3.8, 4) is 5.75 Å². The molecule has 0 radical (unpaired) electrons. The summed E-state index contributed by atoms with van der Waals surface area (Å²) in [5, 5.41) is 33.1. The Hall–Kier alpha value is -3.47. The molecule has 0 aromatic heterocycles. The van der Waals surface area contributed by atoms with Crippen molar-refractivity contribution in [2.75, 3.05) is 13.7 Å². The number of nitrogens with one attached hydrogen (secondary N) is 1. The van der Waals surface area contributed by atoms with Crippen molar-refractivity contribution in [3.63, 3.8) is 0 Å². The van der Waals surface area contributed by atoms with E-state index in [1.165, 1.54) is 0 Å². The largest absolute Gasteiger partial charge is 0.508 e. The number of phenolic OH excluding ortho intramolecular Hbond substituents is 1. The van der Waals surface area contributed by atoms with Crippen molar-refractivity contribution in [1.29, 1.82) is 0 Å². The number of benzene rings is 2. The van der Waals surface area contributed by atoms with Gasteiger partial charge in [0.1, 0.15) is 18.4 Å². The van der Waals surface area contributed by atoms with E-state index in [1.54, 1.807) is 30.3 Å². The second kappa shape index (κ2) is 12.5. The van der Waals surface area contributed by atoms with Gasteiger partial charge >= 0.3 is 12.1 Å². The summed E-state index contributed by atoms with van der Waals surface area (Å²) < 4.78 is 27.0. The third kappa shape index (κ3) is 7.86. The highest BCUT2D eigenvalue weighted by atomic mass is 31.1. The first-order valence-corrected chi connectivity index (χ1v) is 11.0. The van der Waals surface area contributed by atoms with Crippen LogP contribution in [0.2, 0.25) is 0 Å². The lowest BCUT2D eigenvalue weighted by Gasteiger charge is -2.17. The summed E-state index contributed by atoms with van der Waals surface area (Å²) in [5.41, 5.74) is -0.0107. The Kier molecular flexibility index (Phi) is 9.80. The fraction of sp³-hybridized carbons (Fsp3) is 0.300. The molecule has 12 nitrogen and oxygen atoms in total. The third-order valence-electron chi connectivity index (χ3n) is 4.38. The summed E-state index contributed by atoms with van der Waals surface area (Å²) in [6, 6.07) is 10.6. The summed E-state index contributed by atoms with van der Waals surface area (Å²) in [4.78, 5) is 34.1. The summed E-state index contributed by atoms with van der Waals surface area (Å²) in [6.45, 7) is -0.368. The number of nitro groups is 1. The van der Waals surface area contributed by atoms with Crippen LogP contribution >= 0.6 is 8.03 Å². The average molecular weight is 482 g/mol. The zero-order valence-corrected chi connectivity index (χ0v) is 18.5. The smallest absolute Gasteiger partial charge is 0.408 e. The number of non-ortho nitro benzene ring substituents is 1. The van der Waals surface area contributed by atoms with Crippen LogP contribution in [-0.4, -0.2) is 47.0 Å². The van der Waals surface area contributed by atoms with Gasteiger partial charge in [0.2, 0.25) is 8.03 Å². The molecule has 0 aliphatic carbocycles. The van der Waals surface area contributed by atoms with Crippen LogP contribution in [0.3, 0.4) is 0 Å². The second-order valence-electron chi connectivity index (χ2n) is 6.64. The number of aromatic hydroxyl groups is 1. The van der Waals surface area contributed by atoms with Crippen molar-refractivity contribution in [2.45, 2.75) is 24.9 Å². The molecule has 2 aromatic rings. The number of ether oxygens (including phenoxy) is 2. The predicted octanol–water partition coefficient (Wildman–Crippen LogP) is 2.64. The molecule has 0 fully saturated rings. The number of amides is 1. The maximum atomic E-state index is 12.3. The summed E-state index contributed by atoms with van der Waals surface area (Å²) in [7, 11) is -2.14.